The standard InChI is InChI=1S/C64H42N2O2/c1-63(39-17-5-3-6-18-39)49-31-33-54-60(46-24-10-14-26-52(46)66(54)42-30-36-58-48(38-42)44-22-12-16-28-56(44)68-58)62(49)64(2,40-19-7-4-8-20-40)50-32-34-53-59(61(50)63)45-23-9-13-25-51(45)65(53)41-29-35-57-47(37-41)43-21-11-15-27-55(43)67-57/h3-38H,1-2H3. The van der Waals surface area contributed by atoms with Crippen molar-refractivity contribution in [3.63, 3.8) is 0 Å². The second-order valence-corrected chi connectivity index (χ2v) is 19.0. The van der Waals surface area contributed by atoms with Crippen LogP contribution in [-0.4, -0.2) is 9.13 Å². The molecule has 0 bridgehead atoms. The van der Waals surface area contributed by atoms with E-state index in [1.807, 2.05) is 12.1 Å². The van der Waals surface area contributed by atoms with Crippen LogP contribution in [-0.2, 0) is 10.8 Å². The van der Waals surface area contributed by atoms with Crippen molar-refractivity contribution in [2.75, 3.05) is 0 Å². The third kappa shape index (κ3) is 4.78. The highest BCUT2D eigenvalue weighted by Crippen LogP contribution is 2.60. The molecule has 0 saturated heterocycles. The van der Waals surface area contributed by atoms with E-state index in [9.17, 15) is 0 Å². The Morgan fingerprint density at radius 1 is 0.309 bits per heavy atom. The molecule has 1 aliphatic carbocycles. The van der Waals surface area contributed by atoms with Gasteiger partial charge < -0.3 is 18.0 Å². The average molecular weight is 871 g/mol. The Hall–Kier alpha value is -8.60. The van der Waals surface area contributed by atoms with Gasteiger partial charge in [0.15, 0.2) is 0 Å². The van der Waals surface area contributed by atoms with Gasteiger partial charge in [0.2, 0.25) is 0 Å². The van der Waals surface area contributed by atoms with Crippen LogP contribution in [0.5, 0.6) is 0 Å². The lowest BCUT2D eigenvalue weighted by molar-refractivity contribution is 0.577. The first-order valence-electron chi connectivity index (χ1n) is 23.6. The molecular formula is C64H42N2O2. The molecule has 2 atom stereocenters. The van der Waals surface area contributed by atoms with Gasteiger partial charge in [-0.05, 0) is 120 Å². The van der Waals surface area contributed by atoms with Crippen LogP contribution in [0.4, 0.5) is 0 Å². The summed E-state index contributed by atoms with van der Waals surface area (Å²) in [5.74, 6) is 0. The van der Waals surface area contributed by atoms with Crippen molar-refractivity contribution in [2.45, 2.75) is 24.7 Å². The molecule has 0 fully saturated rings. The number of hydrogen-bond acceptors (Lipinski definition) is 2. The minimum absolute atomic E-state index is 0.578. The van der Waals surface area contributed by atoms with Gasteiger partial charge in [0.25, 0.3) is 0 Å². The highest BCUT2D eigenvalue weighted by molar-refractivity contribution is 6.16. The van der Waals surface area contributed by atoms with Gasteiger partial charge in [0.1, 0.15) is 22.3 Å². The van der Waals surface area contributed by atoms with Crippen LogP contribution < -0.4 is 0 Å². The fourth-order valence-electron chi connectivity index (χ4n) is 12.7. The number of nitrogens with zero attached hydrogens (tertiary/aromatic N) is 2. The summed E-state index contributed by atoms with van der Waals surface area (Å²) < 4.78 is 17.6. The van der Waals surface area contributed by atoms with Crippen LogP contribution in [0, 0.1) is 0 Å². The Kier molecular flexibility index (Phi) is 7.46. The molecule has 4 heteroatoms. The topological polar surface area (TPSA) is 36.1 Å². The zero-order chi connectivity index (χ0) is 44.9. The van der Waals surface area contributed by atoms with Crippen LogP contribution in [0.2, 0.25) is 0 Å². The number of rotatable bonds is 4. The molecule has 4 heterocycles. The number of aromatic nitrogens is 2. The summed E-state index contributed by atoms with van der Waals surface area (Å²) in [6.45, 7) is 4.98. The Balaban J connectivity index is 1.09. The summed E-state index contributed by atoms with van der Waals surface area (Å²) in [5.41, 5.74) is 17.2. The fraction of sp³-hybridized carbons (Fsp3) is 0.0625. The summed E-state index contributed by atoms with van der Waals surface area (Å²) in [6.07, 6.45) is 0. The van der Waals surface area contributed by atoms with Gasteiger partial charge in [-0.25, -0.2) is 0 Å². The van der Waals surface area contributed by atoms with E-state index >= 15 is 0 Å². The lowest BCUT2D eigenvalue weighted by Gasteiger charge is -2.48. The van der Waals surface area contributed by atoms with Gasteiger partial charge in [-0.2, -0.15) is 0 Å². The van der Waals surface area contributed by atoms with Gasteiger partial charge in [-0.1, -0.05) is 146 Å². The molecule has 15 rings (SSSR count). The van der Waals surface area contributed by atoms with E-state index in [4.69, 9.17) is 8.83 Å². The summed E-state index contributed by atoms with van der Waals surface area (Å²) in [6, 6.07) is 80.2. The van der Waals surface area contributed by atoms with E-state index in [1.165, 1.54) is 77.0 Å². The Morgan fingerprint density at radius 3 is 1.12 bits per heavy atom. The minimum Gasteiger partial charge on any atom is -0.456 e. The molecule has 0 spiro atoms. The second kappa shape index (κ2) is 13.5. The quantitative estimate of drug-likeness (QED) is 0.177. The van der Waals surface area contributed by atoms with E-state index < -0.39 is 10.8 Å². The summed E-state index contributed by atoms with van der Waals surface area (Å²) in [4.78, 5) is 0. The van der Waals surface area contributed by atoms with Crippen molar-refractivity contribution in [2.24, 2.45) is 0 Å². The molecule has 10 aromatic carbocycles. The minimum atomic E-state index is -0.578. The van der Waals surface area contributed by atoms with Crippen molar-refractivity contribution in [1.29, 1.82) is 0 Å². The van der Waals surface area contributed by atoms with E-state index in [0.717, 1.165) is 55.3 Å². The predicted octanol–water partition coefficient (Wildman–Crippen LogP) is 16.7. The van der Waals surface area contributed by atoms with Gasteiger partial charge >= 0.3 is 0 Å². The normalized spacial score (nSPS) is 17.1. The molecule has 0 radical (unpaired) electrons. The van der Waals surface area contributed by atoms with Crippen molar-refractivity contribution >= 4 is 87.5 Å². The monoisotopic (exact) mass is 870 g/mol. The molecule has 0 N–H and O–H groups in total. The van der Waals surface area contributed by atoms with E-state index in [2.05, 4.69) is 229 Å². The predicted molar refractivity (Wildman–Crippen MR) is 280 cm³/mol. The Labute approximate surface area is 391 Å². The lowest BCUT2D eigenvalue weighted by Crippen LogP contribution is -2.41. The molecule has 4 aromatic heterocycles. The number of furan rings is 2. The third-order valence-electron chi connectivity index (χ3n) is 15.7. The molecule has 0 amide bonds. The lowest BCUT2D eigenvalue weighted by atomic mass is 9.54. The van der Waals surface area contributed by atoms with E-state index in [0.29, 0.717) is 0 Å². The maximum atomic E-state index is 6.35. The number of fused-ring (bicyclic) bond motifs is 16. The molecular weight excluding hydrogens is 829 g/mol. The molecule has 68 heavy (non-hydrogen) atoms. The first-order chi connectivity index (χ1) is 33.5. The Bertz CT molecular complexity index is 4130. The van der Waals surface area contributed by atoms with Crippen LogP contribution in [0.25, 0.3) is 98.9 Å². The summed E-state index contributed by atoms with van der Waals surface area (Å²) in [5, 5.41) is 9.49. The zero-order valence-corrected chi connectivity index (χ0v) is 37.5. The van der Waals surface area contributed by atoms with Crippen LogP contribution in [0.3, 0.4) is 0 Å². The smallest absolute Gasteiger partial charge is 0.135 e. The largest absolute Gasteiger partial charge is 0.456 e. The molecule has 1 aliphatic rings. The first-order valence-corrected chi connectivity index (χ1v) is 23.6. The fourth-order valence-corrected chi connectivity index (χ4v) is 12.7. The summed E-state index contributed by atoms with van der Waals surface area (Å²) >= 11 is 0. The van der Waals surface area contributed by atoms with Crippen molar-refractivity contribution in [3.05, 3.63) is 252 Å². The van der Waals surface area contributed by atoms with Gasteiger partial charge in [0, 0.05) is 65.3 Å². The number of para-hydroxylation sites is 4. The molecule has 0 saturated carbocycles. The van der Waals surface area contributed by atoms with Crippen LogP contribution >= 0.6 is 0 Å². The Morgan fingerprint density at radius 2 is 0.676 bits per heavy atom. The number of benzene rings is 10. The molecule has 320 valence electrons. The summed E-state index contributed by atoms with van der Waals surface area (Å²) in [7, 11) is 0. The highest BCUT2D eigenvalue weighted by Gasteiger charge is 2.50. The van der Waals surface area contributed by atoms with Crippen LogP contribution in [0.1, 0.15) is 47.2 Å². The first kappa shape index (κ1) is 37.6. The number of hydrogen-bond donors (Lipinski definition) is 0. The average Bonchev–Trinajstić information content (AvgIpc) is 4.15. The van der Waals surface area contributed by atoms with Gasteiger partial charge in [-0.15, -0.1) is 0 Å². The molecule has 4 nitrogen and oxygen atoms in total. The van der Waals surface area contributed by atoms with E-state index in [1.54, 1.807) is 0 Å². The molecule has 0 aliphatic heterocycles. The third-order valence-corrected chi connectivity index (χ3v) is 15.7. The van der Waals surface area contributed by atoms with Crippen molar-refractivity contribution in [3.8, 4) is 11.4 Å². The maximum Gasteiger partial charge on any atom is 0.135 e. The SMILES string of the molecule is CC1(c2ccccc2)c2ccc3c(c2C(C)(c2ccccc2)c2ccc4c(c21)c1ccccc1n4-c1ccc2oc4ccccc4c2c1)c1ccccc1n3-c1ccc2oc3ccccc3c2c1. The second-order valence-electron chi connectivity index (χ2n) is 19.0. The van der Waals surface area contributed by atoms with Crippen molar-refractivity contribution < 1.29 is 8.83 Å². The van der Waals surface area contributed by atoms with Crippen LogP contribution in [0.15, 0.2) is 227 Å². The maximum absolute atomic E-state index is 6.35. The highest BCUT2D eigenvalue weighted by atomic mass is 16.3. The van der Waals surface area contributed by atoms with E-state index in [-0.39, 0.29) is 0 Å². The van der Waals surface area contributed by atoms with Gasteiger partial charge in [-0.3, -0.25) is 0 Å². The van der Waals surface area contributed by atoms with Crippen molar-refractivity contribution in [1.82, 2.24) is 9.13 Å². The molecule has 14 aromatic rings. The molecule has 2 unspecified atom stereocenters. The zero-order valence-electron chi connectivity index (χ0n) is 37.5. The van der Waals surface area contributed by atoms with Gasteiger partial charge in [0.05, 0.1) is 22.1 Å².